The number of nitrogens with zero attached hydrogens (tertiary/aromatic N) is 5. The van der Waals surface area contributed by atoms with Crippen molar-refractivity contribution in [3.8, 4) is 5.88 Å². The van der Waals surface area contributed by atoms with Crippen molar-refractivity contribution in [2.45, 2.75) is 50.9 Å². The molecule has 0 aromatic carbocycles. The lowest BCUT2D eigenvalue weighted by Crippen LogP contribution is -2.52. The van der Waals surface area contributed by atoms with Crippen molar-refractivity contribution in [3.63, 3.8) is 0 Å². The largest absolute Gasteiger partial charge is 0.492 e. The number of pyridine rings is 2. The second-order valence-corrected chi connectivity index (χ2v) is 11.2. The average Bonchev–Trinajstić information content (AvgIpc) is 3.69. The van der Waals surface area contributed by atoms with Gasteiger partial charge in [0.25, 0.3) is 0 Å². The molecule has 3 N–H and O–H groups in total. The zero-order valence-corrected chi connectivity index (χ0v) is 23.3. The Kier molecular flexibility index (Phi) is 6.71. The lowest BCUT2D eigenvalue weighted by molar-refractivity contribution is 0.0995. The number of rotatable bonds is 7. The van der Waals surface area contributed by atoms with Crippen LogP contribution in [0.3, 0.4) is 0 Å². The molecule has 210 valence electrons. The summed E-state index contributed by atoms with van der Waals surface area (Å²) in [6.45, 7) is 7.59. The van der Waals surface area contributed by atoms with Gasteiger partial charge in [-0.25, -0.2) is 20.8 Å². The highest BCUT2D eigenvalue weighted by atomic mass is 16.5. The Morgan fingerprint density at radius 1 is 1.05 bits per heavy atom. The number of aromatic nitrogens is 2. The second-order valence-electron chi connectivity index (χ2n) is 11.2. The van der Waals surface area contributed by atoms with Crippen molar-refractivity contribution in [1.29, 1.82) is 0 Å². The zero-order chi connectivity index (χ0) is 27.1. The standard InChI is InChI=1S/C30H38N8O2/c1-3-40-23-15-24(28-25-18-33-34-29(25)35-38(28)20-23)22-6-7-26(31-17-22)36-13-10-30(11-14-36)9-4-12-37(30)19-21-5-8-27(39-2)32-16-21/h5-8,15-17,20,29,33-35H,3-4,9-14,18-19H2,1-2H3. The molecule has 0 bridgehead atoms. The molecule has 10 nitrogen and oxygen atoms in total. The van der Waals surface area contributed by atoms with Crippen LogP contribution in [-0.4, -0.2) is 71.5 Å². The van der Waals surface area contributed by atoms with E-state index in [-0.39, 0.29) is 11.7 Å². The monoisotopic (exact) mass is 542 g/mol. The Morgan fingerprint density at radius 2 is 1.95 bits per heavy atom. The summed E-state index contributed by atoms with van der Waals surface area (Å²) in [5.41, 5.74) is 16.3. The minimum absolute atomic E-state index is 0.0830. The van der Waals surface area contributed by atoms with Gasteiger partial charge in [-0.2, -0.15) is 0 Å². The zero-order valence-electron chi connectivity index (χ0n) is 23.3. The summed E-state index contributed by atoms with van der Waals surface area (Å²) in [5.74, 6) is 2.57. The SMILES string of the molecule is CCOC1=CN2NC3NNCC3=C2C(c2ccc(N3CCC4(CCCN4Cc4ccc(OC)nc4)CC3)nc2)=C1. The predicted molar refractivity (Wildman–Crippen MR) is 153 cm³/mol. The van der Waals surface area contributed by atoms with Crippen LogP contribution in [0.25, 0.3) is 5.57 Å². The van der Waals surface area contributed by atoms with Crippen molar-refractivity contribution in [2.75, 3.05) is 44.8 Å². The van der Waals surface area contributed by atoms with Crippen LogP contribution < -0.4 is 25.9 Å². The van der Waals surface area contributed by atoms with E-state index in [9.17, 15) is 0 Å². The molecule has 1 unspecified atom stereocenters. The fourth-order valence-corrected chi connectivity index (χ4v) is 6.91. The first-order chi connectivity index (χ1) is 19.7. The van der Waals surface area contributed by atoms with E-state index in [4.69, 9.17) is 14.5 Å². The Hall–Kier alpha value is -3.44. The molecule has 10 heteroatoms. The number of nitrogens with one attached hydrogen (secondary N) is 3. The summed E-state index contributed by atoms with van der Waals surface area (Å²) in [6, 6.07) is 8.50. The molecule has 0 saturated carbocycles. The van der Waals surface area contributed by atoms with Crippen LogP contribution in [0.4, 0.5) is 5.82 Å². The van der Waals surface area contributed by atoms with Gasteiger partial charge in [0.15, 0.2) is 0 Å². The van der Waals surface area contributed by atoms with Crippen molar-refractivity contribution in [2.24, 2.45) is 0 Å². The van der Waals surface area contributed by atoms with Crippen LogP contribution in [0.1, 0.15) is 43.7 Å². The van der Waals surface area contributed by atoms with Gasteiger partial charge in [-0.15, -0.1) is 0 Å². The molecule has 0 amide bonds. The number of hydrazine groups is 2. The highest BCUT2D eigenvalue weighted by Gasteiger charge is 2.43. The van der Waals surface area contributed by atoms with Crippen LogP contribution in [0, 0.1) is 0 Å². The smallest absolute Gasteiger partial charge is 0.212 e. The Labute approximate surface area is 235 Å². The maximum absolute atomic E-state index is 5.89. The Balaban J connectivity index is 1.05. The molecule has 3 saturated heterocycles. The fraction of sp³-hybridized carbons (Fsp3) is 0.467. The van der Waals surface area contributed by atoms with Crippen LogP contribution in [0.15, 0.2) is 66.0 Å². The number of methoxy groups -OCH3 is 1. The average molecular weight is 543 g/mol. The summed E-state index contributed by atoms with van der Waals surface area (Å²) < 4.78 is 11.1. The van der Waals surface area contributed by atoms with E-state index in [1.165, 1.54) is 29.7 Å². The minimum Gasteiger partial charge on any atom is -0.492 e. The first kappa shape index (κ1) is 25.5. The molecule has 2 aromatic rings. The topological polar surface area (TPSA) is 90.1 Å². The Bertz CT molecular complexity index is 1330. The molecule has 5 aliphatic heterocycles. The lowest BCUT2D eigenvalue weighted by Gasteiger charge is -2.45. The second kappa shape index (κ2) is 10.5. The molecule has 5 aliphatic rings. The van der Waals surface area contributed by atoms with Gasteiger partial charge >= 0.3 is 0 Å². The maximum Gasteiger partial charge on any atom is 0.212 e. The molecule has 1 spiro atoms. The van der Waals surface area contributed by atoms with E-state index in [0.717, 1.165) is 68.3 Å². The van der Waals surface area contributed by atoms with E-state index in [1.54, 1.807) is 7.11 Å². The minimum atomic E-state index is 0.0830. The number of fused-ring (bicyclic) bond motifs is 2. The van der Waals surface area contributed by atoms with Crippen LogP contribution in [0.2, 0.25) is 0 Å². The van der Waals surface area contributed by atoms with Gasteiger partial charge in [0.2, 0.25) is 5.88 Å². The maximum atomic E-state index is 5.89. The van der Waals surface area contributed by atoms with Crippen LogP contribution >= 0.6 is 0 Å². The Morgan fingerprint density at radius 3 is 2.70 bits per heavy atom. The number of allylic oxidation sites excluding steroid dienone is 2. The van der Waals surface area contributed by atoms with Gasteiger partial charge in [0.05, 0.1) is 25.6 Å². The quantitative estimate of drug-likeness (QED) is 0.485. The van der Waals surface area contributed by atoms with Crippen molar-refractivity contribution in [1.82, 2.24) is 36.2 Å². The van der Waals surface area contributed by atoms with Gasteiger partial charge in [0.1, 0.15) is 17.7 Å². The van der Waals surface area contributed by atoms with Crippen molar-refractivity contribution >= 4 is 11.4 Å². The summed E-state index contributed by atoms with van der Waals surface area (Å²) >= 11 is 0. The third-order valence-corrected chi connectivity index (χ3v) is 8.99. The fourth-order valence-electron chi connectivity index (χ4n) is 6.91. The number of piperidine rings is 1. The molecule has 1 atom stereocenters. The number of anilines is 1. The van der Waals surface area contributed by atoms with Crippen LogP contribution in [-0.2, 0) is 11.3 Å². The molecule has 7 rings (SSSR count). The molecular formula is C30H38N8O2. The van der Waals surface area contributed by atoms with E-state index in [1.807, 2.05) is 31.6 Å². The molecule has 7 heterocycles. The normalized spacial score (nSPS) is 23.8. The number of likely N-dealkylation sites (tertiary alicyclic amines) is 1. The van der Waals surface area contributed by atoms with E-state index in [0.29, 0.717) is 12.5 Å². The van der Waals surface area contributed by atoms with Gasteiger partial charge in [-0.05, 0) is 62.9 Å². The first-order valence-corrected chi connectivity index (χ1v) is 14.4. The third-order valence-electron chi connectivity index (χ3n) is 8.99. The van der Waals surface area contributed by atoms with E-state index >= 15 is 0 Å². The highest BCUT2D eigenvalue weighted by molar-refractivity contribution is 5.83. The van der Waals surface area contributed by atoms with Crippen molar-refractivity contribution in [3.05, 3.63) is 77.1 Å². The van der Waals surface area contributed by atoms with E-state index in [2.05, 4.69) is 60.3 Å². The van der Waals surface area contributed by atoms with Gasteiger partial charge in [-0.1, -0.05) is 6.07 Å². The molecule has 0 aliphatic carbocycles. The summed E-state index contributed by atoms with van der Waals surface area (Å²) in [7, 11) is 1.66. The number of hydrogen-bond donors (Lipinski definition) is 3. The van der Waals surface area contributed by atoms with Crippen LogP contribution in [0.5, 0.6) is 5.88 Å². The molecule has 40 heavy (non-hydrogen) atoms. The predicted octanol–water partition coefficient (Wildman–Crippen LogP) is 2.90. The molecule has 3 fully saturated rings. The number of hydrogen-bond acceptors (Lipinski definition) is 10. The van der Waals surface area contributed by atoms with E-state index < -0.39 is 0 Å². The molecule has 0 radical (unpaired) electrons. The molecular weight excluding hydrogens is 504 g/mol. The first-order valence-electron chi connectivity index (χ1n) is 14.4. The number of ether oxygens (including phenoxy) is 2. The summed E-state index contributed by atoms with van der Waals surface area (Å²) in [6.07, 6.45) is 13.1. The van der Waals surface area contributed by atoms with Gasteiger partial charge < -0.3 is 14.4 Å². The summed E-state index contributed by atoms with van der Waals surface area (Å²) in [5, 5.41) is 2.08. The van der Waals surface area contributed by atoms with Crippen molar-refractivity contribution < 1.29 is 9.47 Å². The summed E-state index contributed by atoms with van der Waals surface area (Å²) in [4.78, 5) is 14.5. The third kappa shape index (κ3) is 4.54. The van der Waals surface area contributed by atoms with Gasteiger partial charge in [-0.3, -0.25) is 15.3 Å². The van der Waals surface area contributed by atoms with Gasteiger partial charge in [0, 0.05) is 66.9 Å². The lowest BCUT2D eigenvalue weighted by atomic mass is 9.84. The molecule has 2 aromatic heterocycles. The highest BCUT2D eigenvalue weighted by Crippen LogP contribution is 2.41.